The molecule has 1 rings (SSSR count). The molecule has 0 bridgehead atoms. The molecule has 0 aromatic carbocycles. The first-order valence-electron chi connectivity index (χ1n) is 7.11. The van der Waals surface area contributed by atoms with Gasteiger partial charge in [-0.3, -0.25) is 4.79 Å². The van der Waals surface area contributed by atoms with Crippen molar-refractivity contribution in [2.45, 2.75) is 26.7 Å². The predicted molar refractivity (Wildman–Crippen MR) is 77.7 cm³/mol. The smallest absolute Gasteiger partial charge is 0.317 e. The van der Waals surface area contributed by atoms with E-state index in [1.54, 1.807) is 4.90 Å². The van der Waals surface area contributed by atoms with Crippen molar-refractivity contribution in [2.24, 2.45) is 11.3 Å². The van der Waals surface area contributed by atoms with Crippen LogP contribution in [0.15, 0.2) is 0 Å². The number of piperidine rings is 1. The summed E-state index contributed by atoms with van der Waals surface area (Å²) >= 11 is 0. The van der Waals surface area contributed by atoms with Crippen molar-refractivity contribution in [3.05, 3.63) is 0 Å². The van der Waals surface area contributed by atoms with E-state index in [-0.39, 0.29) is 11.4 Å². The van der Waals surface area contributed by atoms with Crippen molar-refractivity contribution in [3.63, 3.8) is 0 Å². The van der Waals surface area contributed by atoms with E-state index in [1.165, 1.54) is 0 Å². The minimum atomic E-state index is -0.810. The molecule has 0 aromatic heterocycles. The van der Waals surface area contributed by atoms with Gasteiger partial charge < -0.3 is 20.2 Å². The molecule has 2 N–H and O–H groups in total. The lowest BCUT2D eigenvalue weighted by Crippen LogP contribution is -2.49. The maximum atomic E-state index is 12.1. The SMILES string of the molecule is CN(C)CC(C)(C)CNC(=O)N1CCC[C@@H](C(=O)O)C1. The molecule has 0 saturated carbocycles. The van der Waals surface area contributed by atoms with E-state index in [4.69, 9.17) is 5.11 Å². The zero-order valence-corrected chi connectivity index (χ0v) is 13.0. The molecule has 0 unspecified atom stereocenters. The van der Waals surface area contributed by atoms with Gasteiger partial charge in [-0.2, -0.15) is 0 Å². The number of urea groups is 1. The summed E-state index contributed by atoms with van der Waals surface area (Å²) in [6, 6.07) is -0.150. The molecule has 1 atom stereocenters. The van der Waals surface area contributed by atoms with Gasteiger partial charge in [0.25, 0.3) is 0 Å². The van der Waals surface area contributed by atoms with Crippen LogP contribution in [0.3, 0.4) is 0 Å². The summed E-state index contributed by atoms with van der Waals surface area (Å²) in [4.78, 5) is 26.8. The summed E-state index contributed by atoms with van der Waals surface area (Å²) in [6.45, 7) is 6.62. The van der Waals surface area contributed by atoms with Crippen LogP contribution in [0.5, 0.6) is 0 Å². The van der Waals surface area contributed by atoms with Crippen LogP contribution in [0, 0.1) is 11.3 Å². The standard InChI is InChI=1S/C14H27N3O3/c1-14(2,10-16(3)4)9-15-13(20)17-7-5-6-11(8-17)12(18)19/h11H,5-10H2,1-4H3,(H,15,20)(H,18,19)/t11-/m1/s1. The first-order chi connectivity index (χ1) is 9.21. The fraction of sp³-hybridized carbons (Fsp3) is 0.857. The van der Waals surface area contributed by atoms with Gasteiger partial charge in [-0.25, -0.2) is 4.79 Å². The lowest BCUT2D eigenvalue weighted by molar-refractivity contribution is -0.143. The third-order valence-corrected chi connectivity index (χ3v) is 3.52. The number of carboxylic acid groups (broad SMARTS) is 1. The molecule has 0 aliphatic carbocycles. The summed E-state index contributed by atoms with van der Waals surface area (Å²) < 4.78 is 0. The maximum absolute atomic E-state index is 12.1. The maximum Gasteiger partial charge on any atom is 0.317 e. The van der Waals surface area contributed by atoms with Gasteiger partial charge in [0.1, 0.15) is 0 Å². The average Bonchev–Trinajstić information content (AvgIpc) is 2.34. The average molecular weight is 285 g/mol. The highest BCUT2D eigenvalue weighted by molar-refractivity contribution is 5.76. The Kier molecular flexibility index (Phi) is 5.80. The fourth-order valence-electron chi connectivity index (χ4n) is 2.70. The third-order valence-electron chi connectivity index (χ3n) is 3.52. The Hall–Kier alpha value is -1.30. The van der Waals surface area contributed by atoms with Crippen LogP contribution < -0.4 is 5.32 Å². The van der Waals surface area contributed by atoms with Gasteiger partial charge in [-0.1, -0.05) is 13.8 Å². The first-order valence-corrected chi connectivity index (χ1v) is 7.11. The van der Waals surface area contributed by atoms with E-state index in [0.29, 0.717) is 26.1 Å². The molecule has 2 amide bonds. The zero-order valence-electron chi connectivity index (χ0n) is 13.0. The Balaban J connectivity index is 2.44. The number of rotatable bonds is 5. The normalized spacial score (nSPS) is 20.1. The Labute approximate surface area is 121 Å². The minimum Gasteiger partial charge on any atom is -0.481 e. The van der Waals surface area contributed by atoms with Crippen molar-refractivity contribution in [2.75, 3.05) is 40.3 Å². The van der Waals surface area contributed by atoms with Crippen LogP contribution in [-0.4, -0.2) is 67.2 Å². The van der Waals surface area contributed by atoms with Crippen molar-refractivity contribution < 1.29 is 14.7 Å². The van der Waals surface area contributed by atoms with Crippen LogP contribution >= 0.6 is 0 Å². The van der Waals surface area contributed by atoms with Gasteiger partial charge in [-0.05, 0) is 32.4 Å². The first kappa shape index (κ1) is 16.8. The molecule has 1 fully saturated rings. The number of carbonyl (C=O) groups excluding carboxylic acids is 1. The fourth-order valence-corrected chi connectivity index (χ4v) is 2.70. The molecular weight excluding hydrogens is 258 g/mol. The summed E-state index contributed by atoms with van der Waals surface area (Å²) in [5.41, 5.74) is -0.0128. The predicted octanol–water partition coefficient (Wildman–Crippen LogP) is 1.08. The number of hydrogen-bond acceptors (Lipinski definition) is 3. The van der Waals surface area contributed by atoms with Crippen LogP contribution in [0.4, 0.5) is 4.79 Å². The van der Waals surface area contributed by atoms with Crippen molar-refractivity contribution in [1.82, 2.24) is 15.1 Å². The third kappa shape index (κ3) is 5.36. The second-order valence-corrected chi connectivity index (χ2v) is 6.68. The highest BCUT2D eigenvalue weighted by Crippen LogP contribution is 2.18. The Morgan fingerprint density at radius 3 is 2.60 bits per heavy atom. The molecule has 0 aromatic rings. The van der Waals surface area contributed by atoms with E-state index in [1.807, 2.05) is 14.1 Å². The van der Waals surface area contributed by atoms with Crippen LogP contribution in [-0.2, 0) is 4.79 Å². The Bertz CT molecular complexity index is 356. The van der Waals surface area contributed by atoms with E-state index < -0.39 is 11.9 Å². The number of carbonyl (C=O) groups is 2. The Morgan fingerprint density at radius 2 is 2.05 bits per heavy atom. The van der Waals surface area contributed by atoms with E-state index in [9.17, 15) is 9.59 Å². The highest BCUT2D eigenvalue weighted by Gasteiger charge is 2.29. The van der Waals surface area contributed by atoms with E-state index in [2.05, 4.69) is 24.1 Å². The lowest BCUT2D eigenvalue weighted by Gasteiger charge is -2.33. The van der Waals surface area contributed by atoms with Gasteiger partial charge in [0.15, 0.2) is 0 Å². The topological polar surface area (TPSA) is 72.9 Å². The molecule has 116 valence electrons. The molecule has 1 aliphatic rings. The monoisotopic (exact) mass is 285 g/mol. The summed E-state index contributed by atoms with van der Waals surface area (Å²) in [6.07, 6.45) is 1.41. The van der Waals surface area contributed by atoms with Crippen LogP contribution in [0.1, 0.15) is 26.7 Å². The van der Waals surface area contributed by atoms with E-state index >= 15 is 0 Å². The number of likely N-dealkylation sites (tertiary alicyclic amines) is 1. The second kappa shape index (κ2) is 6.92. The quantitative estimate of drug-likeness (QED) is 0.793. The molecule has 1 saturated heterocycles. The molecule has 6 nitrogen and oxygen atoms in total. The van der Waals surface area contributed by atoms with Gasteiger partial charge >= 0.3 is 12.0 Å². The summed E-state index contributed by atoms with van der Waals surface area (Å²) in [5.74, 6) is -1.24. The van der Waals surface area contributed by atoms with Gasteiger partial charge in [0.2, 0.25) is 0 Å². The van der Waals surface area contributed by atoms with Crippen LogP contribution in [0.25, 0.3) is 0 Å². The largest absolute Gasteiger partial charge is 0.481 e. The van der Waals surface area contributed by atoms with Crippen molar-refractivity contribution in [3.8, 4) is 0 Å². The molecule has 0 radical (unpaired) electrons. The number of aliphatic carboxylic acids is 1. The van der Waals surface area contributed by atoms with Crippen molar-refractivity contribution in [1.29, 1.82) is 0 Å². The number of carboxylic acids is 1. The van der Waals surface area contributed by atoms with E-state index in [0.717, 1.165) is 13.0 Å². The molecule has 0 spiro atoms. The minimum absolute atomic E-state index is 0.0128. The van der Waals surface area contributed by atoms with Gasteiger partial charge in [0, 0.05) is 26.2 Å². The highest BCUT2D eigenvalue weighted by atomic mass is 16.4. The van der Waals surface area contributed by atoms with Crippen molar-refractivity contribution >= 4 is 12.0 Å². The number of amides is 2. The summed E-state index contributed by atoms with van der Waals surface area (Å²) in [7, 11) is 4.01. The molecule has 20 heavy (non-hydrogen) atoms. The zero-order chi connectivity index (χ0) is 15.3. The van der Waals surface area contributed by atoms with Crippen LogP contribution in [0.2, 0.25) is 0 Å². The lowest BCUT2D eigenvalue weighted by atomic mass is 9.93. The Morgan fingerprint density at radius 1 is 1.40 bits per heavy atom. The number of hydrogen-bond donors (Lipinski definition) is 2. The summed E-state index contributed by atoms with van der Waals surface area (Å²) in [5, 5.41) is 12.0. The van der Waals surface area contributed by atoms with Gasteiger partial charge in [0.05, 0.1) is 5.92 Å². The molecule has 1 aliphatic heterocycles. The number of nitrogens with one attached hydrogen (secondary N) is 1. The van der Waals surface area contributed by atoms with Gasteiger partial charge in [-0.15, -0.1) is 0 Å². The molecule has 6 heteroatoms. The second-order valence-electron chi connectivity index (χ2n) is 6.68. The molecule has 1 heterocycles. The molecular formula is C14H27N3O3. The number of nitrogens with zero attached hydrogens (tertiary/aromatic N) is 2.